The van der Waals surface area contributed by atoms with Gasteiger partial charge in [-0.25, -0.2) is 0 Å². The van der Waals surface area contributed by atoms with Crippen LogP contribution in [0.25, 0.3) is 0 Å². The molecular weight excluding hydrogens is 144 g/mol. The normalized spacial score (nSPS) is 19.2. The summed E-state index contributed by atoms with van der Waals surface area (Å²) < 4.78 is 0. The van der Waals surface area contributed by atoms with Gasteiger partial charge in [-0.1, -0.05) is 48.0 Å². The Kier molecular flexibility index (Phi) is 5.61. The first-order chi connectivity index (χ1) is 5.49. The van der Waals surface area contributed by atoms with Gasteiger partial charge in [-0.2, -0.15) is 0 Å². The van der Waals surface area contributed by atoms with Crippen molar-refractivity contribution in [3.63, 3.8) is 0 Å². The molecule has 0 N–H and O–H groups in total. The molecule has 0 rings (SSSR count). The van der Waals surface area contributed by atoms with Gasteiger partial charge in [0.2, 0.25) is 0 Å². The van der Waals surface area contributed by atoms with Crippen molar-refractivity contribution in [2.75, 3.05) is 0 Å². The lowest BCUT2D eigenvalue weighted by Gasteiger charge is -2.24. The van der Waals surface area contributed by atoms with Gasteiger partial charge < -0.3 is 0 Å². The van der Waals surface area contributed by atoms with Crippen LogP contribution in [0.4, 0.5) is 0 Å². The number of hydrogen-bond donors (Lipinski definition) is 0. The van der Waals surface area contributed by atoms with Crippen LogP contribution in [-0.2, 0) is 0 Å². The predicted molar refractivity (Wildman–Crippen MR) is 56.9 cm³/mol. The van der Waals surface area contributed by atoms with Crippen LogP contribution in [0.3, 0.4) is 0 Å². The Morgan fingerprint density at radius 3 is 1.75 bits per heavy atom. The molecule has 4 atom stereocenters. The van der Waals surface area contributed by atoms with E-state index in [1.54, 1.807) is 0 Å². The number of rotatable bonds is 5. The molecule has 0 aromatic heterocycles. The third kappa shape index (κ3) is 4.13. The Hall–Kier alpha value is 0. The van der Waals surface area contributed by atoms with Crippen LogP contribution >= 0.6 is 0 Å². The highest BCUT2D eigenvalue weighted by atomic mass is 14.2. The summed E-state index contributed by atoms with van der Waals surface area (Å²) in [6.07, 6.45) is 2.64. The Labute approximate surface area is 78.8 Å². The molecule has 0 heterocycles. The van der Waals surface area contributed by atoms with Crippen molar-refractivity contribution >= 4 is 0 Å². The van der Waals surface area contributed by atoms with Crippen LogP contribution in [0.1, 0.15) is 47.5 Å². The van der Waals surface area contributed by atoms with Gasteiger partial charge in [0.25, 0.3) is 0 Å². The quantitative estimate of drug-likeness (QED) is 0.579. The molecule has 0 aromatic rings. The average molecular weight is 169 g/mol. The van der Waals surface area contributed by atoms with Crippen LogP contribution in [0, 0.1) is 30.6 Å². The highest BCUT2D eigenvalue weighted by molar-refractivity contribution is 4.69. The fourth-order valence-electron chi connectivity index (χ4n) is 1.45. The van der Waals surface area contributed by atoms with Crippen molar-refractivity contribution < 1.29 is 0 Å². The molecule has 0 heteroatoms. The topological polar surface area (TPSA) is 0 Å². The van der Waals surface area contributed by atoms with Crippen LogP contribution in [0.15, 0.2) is 0 Å². The van der Waals surface area contributed by atoms with E-state index in [2.05, 4.69) is 41.5 Å². The molecule has 0 fully saturated rings. The number of hydrogen-bond acceptors (Lipinski definition) is 0. The van der Waals surface area contributed by atoms with E-state index in [0.717, 1.165) is 17.8 Å². The van der Waals surface area contributed by atoms with Crippen molar-refractivity contribution in [3.05, 3.63) is 6.92 Å². The van der Waals surface area contributed by atoms with E-state index >= 15 is 0 Å². The maximum Gasteiger partial charge on any atom is -0.0414 e. The first kappa shape index (κ1) is 12.0. The Bertz CT molecular complexity index is 105. The second-order valence-electron chi connectivity index (χ2n) is 4.55. The summed E-state index contributed by atoms with van der Waals surface area (Å²) >= 11 is 0. The van der Waals surface area contributed by atoms with Gasteiger partial charge in [0, 0.05) is 0 Å². The summed E-state index contributed by atoms with van der Waals surface area (Å²) in [6.45, 7) is 15.6. The minimum Gasteiger partial charge on any atom is -0.0651 e. The molecule has 0 saturated heterocycles. The Morgan fingerprint density at radius 1 is 0.917 bits per heavy atom. The first-order valence-electron chi connectivity index (χ1n) is 5.32. The van der Waals surface area contributed by atoms with Crippen molar-refractivity contribution in [1.29, 1.82) is 0 Å². The first-order valence-corrected chi connectivity index (χ1v) is 5.32. The monoisotopic (exact) mass is 169 g/mol. The Morgan fingerprint density at radius 2 is 1.42 bits per heavy atom. The zero-order chi connectivity index (χ0) is 9.72. The maximum atomic E-state index is 4.08. The highest BCUT2D eigenvalue weighted by Gasteiger charge is 2.15. The van der Waals surface area contributed by atoms with Gasteiger partial charge >= 0.3 is 0 Å². The highest BCUT2D eigenvalue weighted by Crippen LogP contribution is 2.25. The minimum atomic E-state index is 0.594. The van der Waals surface area contributed by atoms with E-state index in [0.29, 0.717) is 5.92 Å². The van der Waals surface area contributed by atoms with Gasteiger partial charge in [0.05, 0.1) is 0 Å². The molecule has 0 saturated carbocycles. The van der Waals surface area contributed by atoms with E-state index in [1.165, 1.54) is 12.8 Å². The minimum absolute atomic E-state index is 0.594. The third-order valence-corrected chi connectivity index (χ3v) is 3.33. The molecule has 1 radical (unpaired) electrons. The predicted octanol–water partition coefficient (Wildman–Crippen LogP) is 4.16. The van der Waals surface area contributed by atoms with Crippen molar-refractivity contribution in [2.45, 2.75) is 47.5 Å². The molecule has 0 spiro atoms. The van der Waals surface area contributed by atoms with Crippen LogP contribution < -0.4 is 0 Å². The molecule has 0 bridgehead atoms. The van der Waals surface area contributed by atoms with Gasteiger partial charge in [0.1, 0.15) is 0 Å². The lowest BCUT2D eigenvalue weighted by molar-refractivity contribution is 0.278. The van der Waals surface area contributed by atoms with Crippen molar-refractivity contribution in [3.8, 4) is 0 Å². The molecule has 12 heavy (non-hydrogen) atoms. The standard InChI is InChI=1S/C12H25/c1-7-10(4)12(6)8-11(5)9(2)3/h9-12H,2,7-8H2,1,3-6H3. The smallest absolute Gasteiger partial charge is 0.0414 e. The van der Waals surface area contributed by atoms with Crippen LogP contribution in [0.2, 0.25) is 0 Å². The maximum absolute atomic E-state index is 4.08. The van der Waals surface area contributed by atoms with Crippen LogP contribution in [0.5, 0.6) is 0 Å². The third-order valence-electron chi connectivity index (χ3n) is 3.33. The lowest BCUT2D eigenvalue weighted by Crippen LogP contribution is -2.14. The molecule has 0 nitrogen and oxygen atoms in total. The molecular formula is C12H25. The Balaban J connectivity index is 3.75. The summed E-state index contributed by atoms with van der Waals surface area (Å²) in [5.41, 5.74) is 0. The fraction of sp³-hybridized carbons (Fsp3) is 0.917. The second kappa shape index (κ2) is 5.61. The summed E-state index contributed by atoms with van der Waals surface area (Å²) in [6, 6.07) is 0. The van der Waals surface area contributed by atoms with Gasteiger partial charge in [-0.15, -0.1) is 0 Å². The van der Waals surface area contributed by atoms with Gasteiger partial charge in [0.15, 0.2) is 0 Å². The van der Waals surface area contributed by atoms with E-state index in [4.69, 9.17) is 0 Å². The lowest BCUT2D eigenvalue weighted by atomic mass is 9.82. The summed E-state index contributed by atoms with van der Waals surface area (Å²) in [4.78, 5) is 0. The summed E-state index contributed by atoms with van der Waals surface area (Å²) in [5.74, 6) is 3.09. The van der Waals surface area contributed by atoms with Crippen molar-refractivity contribution in [1.82, 2.24) is 0 Å². The fourth-order valence-corrected chi connectivity index (χ4v) is 1.45. The van der Waals surface area contributed by atoms with E-state index in [1.807, 2.05) is 0 Å². The molecule has 0 aliphatic carbocycles. The zero-order valence-electron chi connectivity index (χ0n) is 9.43. The van der Waals surface area contributed by atoms with Gasteiger partial charge in [-0.3, -0.25) is 0 Å². The molecule has 4 unspecified atom stereocenters. The summed E-state index contributed by atoms with van der Waals surface area (Å²) in [5, 5.41) is 0. The van der Waals surface area contributed by atoms with E-state index in [-0.39, 0.29) is 0 Å². The molecule has 0 amide bonds. The average Bonchev–Trinajstić information content (AvgIpc) is 2.02. The zero-order valence-corrected chi connectivity index (χ0v) is 9.43. The molecule has 0 aromatic carbocycles. The molecule has 73 valence electrons. The molecule has 0 aliphatic heterocycles. The van der Waals surface area contributed by atoms with E-state index < -0.39 is 0 Å². The van der Waals surface area contributed by atoms with Crippen molar-refractivity contribution in [2.24, 2.45) is 23.7 Å². The van der Waals surface area contributed by atoms with E-state index in [9.17, 15) is 0 Å². The molecule has 0 aliphatic rings. The van der Waals surface area contributed by atoms with Crippen LogP contribution in [-0.4, -0.2) is 0 Å². The largest absolute Gasteiger partial charge is 0.0651 e. The summed E-state index contributed by atoms with van der Waals surface area (Å²) in [7, 11) is 0. The second-order valence-corrected chi connectivity index (χ2v) is 4.55. The van der Waals surface area contributed by atoms with Gasteiger partial charge in [-0.05, 0) is 30.1 Å². The SMILES string of the molecule is [CH2]C(C)C(C)CC(C)C(C)CC.